The third-order valence-electron chi connectivity index (χ3n) is 8.12. The van der Waals surface area contributed by atoms with E-state index in [-0.39, 0.29) is 11.8 Å². The number of nitrogen functional groups attached to an aromatic ring is 1. The molecule has 0 aliphatic heterocycles. The van der Waals surface area contributed by atoms with Crippen LogP contribution in [0.3, 0.4) is 0 Å². The highest BCUT2D eigenvalue weighted by Gasteiger charge is 2.34. The summed E-state index contributed by atoms with van der Waals surface area (Å²) in [5.41, 5.74) is 12.4. The third-order valence-corrected chi connectivity index (χ3v) is 8.12. The van der Waals surface area contributed by atoms with E-state index < -0.39 is 5.82 Å². The summed E-state index contributed by atoms with van der Waals surface area (Å²) < 4.78 is 27.1. The summed E-state index contributed by atoms with van der Waals surface area (Å²) in [7, 11) is 5.46. The maximum Gasteiger partial charge on any atom is 0.258 e. The molecule has 0 spiro atoms. The van der Waals surface area contributed by atoms with E-state index in [1.165, 1.54) is 6.07 Å². The monoisotopic (exact) mass is 567 g/mol. The number of methoxy groups -OCH3 is 1. The molecule has 0 saturated heterocycles. The predicted molar refractivity (Wildman–Crippen MR) is 161 cm³/mol. The number of anilines is 1. The molecule has 4 heterocycles. The van der Waals surface area contributed by atoms with Crippen LogP contribution in [0.15, 0.2) is 35.6 Å². The molecular weight excluding hydrogens is 533 g/mol. The van der Waals surface area contributed by atoms with Gasteiger partial charge in [0.25, 0.3) is 5.88 Å². The average Bonchev–Trinajstić information content (AvgIpc) is 3.88. The maximum absolute atomic E-state index is 15.9. The van der Waals surface area contributed by atoms with Gasteiger partial charge < -0.3 is 15.0 Å². The van der Waals surface area contributed by atoms with Crippen molar-refractivity contribution in [2.75, 3.05) is 12.8 Å². The minimum Gasteiger partial charge on any atom is -0.478 e. The maximum atomic E-state index is 15.9. The molecule has 2 aliphatic rings. The van der Waals surface area contributed by atoms with Crippen LogP contribution in [0.2, 0.25) is 0 Å². The van der Waals surface area contributed by atoms with Gasteiger partial charge in [-0.3, -0.25) is 9.36 Å². The number of ether oxygens (including phenoxy) is 1. The first-order chi connectivity index (χ1) is 20.2. The highest BCUT2D eigenvalue weighted by molar-refractivity contribution is 5.98. The minimum atomic E-state index is -0.400. The number of aryl methyl sites for hydroxylation is 1. The van der Waals surface area contributed by atoms with Gasteiger partial charge in [0.15, 0.2) is 5.65 Å². The van der Waals surface area contributed by atoms with Crippen molar-refractivity contribution < 1.29 is 9.13 Å². The van der Waals surface area contributed by atoms with E-state index in [4.69, 9.17) is 20.4 Å². The second-order valence-electron chi connectivity index (χ2n) is 11.7. The molecule has 1 aromatic carbocycles. The zero-order valence-electron chi connectivity index (χ0n) is 24.5. The Hall–Kier alpha value is -4.54. The summed E-state index contributed by atoms with van der Waals surface area (Å²) >= 11 is 0. The number of halogens is 1. The number of pyridine rings is 1. The molecule has 42 heavy (non-hydrogen) atoms. The Kier molecular flexibility index (Phi) is 6.14. The van der Waals surface area contributed by atoms with E-state index in [2.05, 4.69) is 39.7 Å². The van der Waals surface area contributed by atoms with Gasteiger partial charge in [-0.2, -0.15) is 5.10 Å². The molecular formula is C31H34FN9O. The fourth-order valence-electron chi connectivity index (χ4n) is 5.72. The van der Waals surface area contributed by atoms with Crippen molar-refractivity contribution in [1.29, 1.82) is 0 Å². The summed E-state index contributed by atoms with van der Waals surface area (Å²) in [5.74, 6) is 1.18. The van der Waals surface area contributed by atoms with E-state index >= 15 is 4.39 Å². The highest BCUT2D eigenvalue weighted by atomic mass is 19.1. The average molecular weight is 568 g/mol. The fraction of sp³-hybridized carbons (Fsp3) is 0.387. The Morgan fingerprint density at radius 2 is 1.88 bits per heavy atom. The molecule has 5 aromatic rings. The van der Waals surface area contributed by atoms with Crippen molar-refractivity contribution in [2.45, 2.75) is 57.4 Å². The molecule has 0 atom stereocenters. The SMILES string of the molecule is COc1nn(C2CC2)cc1N=Cc1c(N)ccc(F)c1-c1nc(-c2cc3cn(C)nc3nc2C(C)C)n(C)c1C1CC1. The van der Waals surface area contributed by atoms with Gasteiger partial charge >= 0.3 is 0 Å². The van der Waals surface area contributed by atoms with Gasteiger partial charge in [-0.25, -0.2) is 19.4 Å². The number of aliphatic imine (C=N–C) groups is 1. The first kappa shape index (κ1) is 26.4. The molecule has 2 aliphatic carbocycles. The quantitative estimate of drug-likeness (QED) is 0.180. The van der Waals surface area contributed by atoms with Crippen LogP contribution in [0.1, 0.15) is 74.4 Å². The van der Waals surface area contributed by atoms with Crippen LogP contribution in [0, 0.1) is 5.82 Å². The van der Waals surface area contributed by atoms with Gasteiger partial charge in [0.1, 0.15) is 17.3 Å². The lowest BCUT2D eigenvalue weighted by atomic mass is 9.99. The van der Waals surface area contributed by atoms with Crippen LogP contribution >= 0.6 is 0 Å². The molecule has 0 bridgehead atoms. The van der Waals surface area contributed by atoms with Crippen LogP contribution in [0.5, 0.6) is 5.88 Å². The summed E-state index contributed by atoms with van der Waals surface area (Å²) in [5, 5.41) is 9.95. The molecule has 0 amide bonds. The first-order valence-corrected chi connectivity index (χ1v) is 14.4. The third kappa shape index (κ3) is 4.43. The first-order valence-electron chi connectivity index (χ1n) is 14.4. The van der Waals surface area contributed by atoms with Gasteiger partial charge in [0, 0.05) is 65.9 Å². The lowest BCUT2D eigenvalue weighted by Gasteiger charge is -2.12. The summed E-state index contributed by atoms with van der Waals surface area (Å²) in [6.07, 6.45) is 9.64. The van der Waals surface area contributed by atoms with Gasteiger partial charge in [0.2, 0.25) is 0 Å². The zero-order valence-corrected chi connectivity index (χ0v) is 24.5. The van der Waals surface area contributed by atoms with Gasteiger partial charge in [-0.1, -0.05) is 13.8 Å². The van der Waals surface area contributed by atoms with Crippen molar-refractivity contribution in [2.24, 2.45) is 19.1 Å². The molecule has 7 rings (SSSR count). The van der Waals surface area contributed by atoms with Crippen LogP contribution in [0.4, 0.5) is 15.8 Å². The number of benzene rings is 1. The topological polar surface area (TPSA) is 114 Å². The molecule has 0 unspecified atom stereocenters. The number of nitrogens with zero attached hydrogens (tertiary/aromatic N) is 8. The number of rotatable bonds is 8. The fourth-order valence-corrected chi connectivity index (χ4v) is 5.72. The van der Waals surface area contributed by atoms with Crippen molar-refractivity contribution in [3.63, 3.8) is 0 Å². The van der Waals surface area contributed by atoms with Gasteiger partial charge in [-0.15, -0.1) is 5.10 Å². The van der Waals surface area contributed by atoms with E-state index in [1.54, 1.807) is 24.1 Å². The summed E-state index contributed by atoms with van der Waals surface area (Å²) in [4.78, 5) is 14.7. The van der Waals surface area contributed by atoms with E-state index in [1.807, 2.05) is 31.2 Å². The molecule has 4 aromatic heterocycles. The van der Waals surface area contributed by atoms with Gasteiger partial charge in [0.05, 0.1) is 30.7 Å². The molecule has 0 radical (unpaired) electrons. The number of hydrogen-bond acceptors (Lipinski definition) is 7. The molecule has 2 fully saturated rings. The molecule has 216 valence electrons. The van der Waals surface area contributed by atoms with Crippen molar-refractivity contribution in [3.8, 4) is 28.5 Å². The molecule has 2 saturated carbocycles. The lowest BCUT2D eigenvalue weighted by molar-refractivity contribution is 0.389. The molecule has 2 N–H and O–H groups in total. The second-order valence-corrected chi connectivity index (χ2v) is 11.7. The van der Waals surface area contributed by atoms with Crippen LogP contribution in [-0.2, 0) is 14.1 Å². The Morgan fingerprint density at radius 3 is 2.57 bits per heavy atom. The van der Waals surface area contributed by atoms with Gasteiger partial charge in [-0.05, 0) is 49.8 Å². The Balaban J connectivity index is 1.40. The van der Waals surface area contributed by atoms with E-state index in [0.29, 0.717) is 45.8 Å². The number of hydrogen-bond donors (Lipinski definition) is 1. The van der Waals surface area contributed by atoms with Crippen LogP contribution in [-0.4, -0.2) is 47.4 Å². The predicted octanol–water partition coefficient (Wildman–Crippen LogP) is 6.05. The van der Waals surface area contributed by atoms with E-state index in [0.717, 1.165) is 53.8 Å². The Labute approximate surface area is 243 Å². The van der Waals surface area contributed by atoms with Crippen molar-refractivity contribution in [3.05, 3.63) is 53.4 Å². The normalized spacial score (nSPS) is 15.5. The smallest absolute Gasteiger partial charge is 0.258 e. The number of fused-ring (bicyclic) bond motifs is 1. The number of imidazole rings is 1. The molecule has 11 heteroatoms. The van der Waals surface area contributed by atoms with Crippen LogP contribution in [0.25, 0.3) is 33.7 Å². The highest BCUT2D eigenvalue weighted by Crippen LogP contribution is 2.47. The van der Waals surface area contributed by atoms with Crippen molar-refractivity contribution >= 4 is 28.6 Å². The van der Waals surface area contributed by atoms with Crippen molar-refractivity contribution in [1.82, 2.24) is 34.1 Å². The van der Waals surface area contributed by atoms with E-state index in [9.17, 15) is 0 Å². The Bertz CT molecular complexity index is 1870. The number of nitrogens with two attached hydrogens (primary N) is 1. The minimum absolute atomic E-state index is 0.134. The largest absolute Gasteiger partial charge is 0.478 e. The Morgan fingerprint density at radius 1 is 1.10 bits per heavy atom. The second kappa shape index (κ2) is 9.78. The summed E-state index contributed by atoms with van der Waals surface area (Å²) in [6, 6.07) is 5.45. The zero-order chi connectivity index (χ0) is 29.3. The molecule has 10 nitrogen and oxygen atoms in total. The standard InChI is InChI=1S/C31H34FN9O/c1-16(2)26-20(12-18-14-39(3)37-29(18)35-26)30-36-27(28(40(30)4)17-6-7-17)25-21(23(33)11-10-22(25)32)13-34-24-15-41(19-8-9-19)38-31(24)42-5/h10-17,19H,6-9,33H2,1-5H3. The number of aromatic nitrogens is 7. The lowest BCUT2D eigenvalue weighted by Crippen LogP contribution is -2.04. The van der Waals surface area contributed by atoms with Crippen LogP contribution < -0.4 is 10.5 Å². The summed E-state index contributed by atoms with van der Waals surface area (Å²) in [6.45, 7) is 4.22.